The molecule has 0 radical (unpaired) electrons. The maximum atomic E-state index is 12.2. The molecule has 140 valence electrons. The van der Waals surface area contributed by atoms with Crippen molar-refractivity contribution in [1.29, 1.82) is 0 Å². The molecule has 3 saturated carbocycles. The lowest BCUT2D eigenvalue weighted by Crippen LogP contribution is -2.57. The number of hydrogen-bond donors (Lipinski definition) is 0. The smallest absolute Gasteiger partial charge is 0.316 e. The van der Waals surface area contributed by atoms with Gasteiger partial charge in [0.25, 0.3) is 5.56 Å². The highest BCUT2D eigenvalue weighted by Gasteiger charge is 2.57. The van der Waals surface area contributed by atoms with Crippen molar-refractivity contribution < 1.29 is 9.53 Å². The minimum Gasteiger partial charge on any atom is -0.461 e. The Kier molecular flexibility index (Phi) is 4.63. The summed E-state index contributed by atoms with van der Waals surface area (Å²) in [5.74, 6) is 2.47. The number of aromatic nitrogens is 2. The monoisotopic (exact) mass is 392 g/mol. The third kappa shape index (κ3) is 3.09. The summed E-state index contributed by atoms with van der Waals surface area (Å²) in [6, 6.07) is 1.54. The zero-order valence-electron chi connectivity index (χ0n) is 15.3. The number of esters is 1. The number of fused-ring (bicyclic) bond motifs is 3. The highest BCUT2D eigenvalue weighted by Crippen LogP contribution is 2.61. The van der Waals surface area contributed by atoms with Crippen LogP contribution in [0.15, 0.2) is 22.4 Å². The zero-order valence-corrected chi connectivity index (χ0v) is 16.9. The molecule has 3 fully saturated rings. The van der Waals surface area contributed by atoms with E-state index >= 15 is 0 Å². The second-order valence-electron chi connectivity index (χ2n) is 8.12. The van der Waals surface area contributed by atoms with Crippen LogP contribution < -0.4 is 5.56 Å². The van der Waals surface area contributed by atoms with Crippen LogP contribution in [0, 0.1) is 23.2 Å². The van der Waals surface area contributed by atoms with E-state index in [1.807, 2.05) is 5.38 Å². The van der Waals surface area contributed by atoms with E-state index in [1.165, 1.54) is 40.0 Å². The number of thioether (sulfide) groups is 1. The third-order valence-corrected chi connectivity index (χ3v) is 8.09. The first-order valence-electron chi connectivity index (χ1n) is 9.09. The van der Waals surface area contributed by atoms with Crippen LogP contribution >= 0.6 is 23.1 Å². The largest absolute Gasteiger partial charge is 0.461 e. The van der Waals surface area contributed by atoms with Crippen LogP contribution in [0.2, 0.25) is 0 Å². The maximum absolute atomic E-state index is 12.2. The molecular weight excluding hydrogens is 368 g/mol. The Hall–Kier alpha value is -1.34. The summed E-state index contributed by atoms with van der Waals surface area (Å²) < 4.78 is 7.31. The number of carbonyl (C=O) groups excluding carboxylic acids is 1. The van der Waals surface area contributed by atoms with Gasteiger partial charge in [-0.3, -0.25) is 14.0 Å². The number of ether oxygens (including phenoxy) is 1. The van der Waals surface area contributed by atoms with Gasteiger partial charge >= 0.3 is 5.97 Å². The van der Waals surface area contributed by atoms with Crippen LogP contribution in [-0.4, -0.2) is 27.2 Å². The molecule has 0 saturated heterocycles. The van der Waals surface area contributed by atoms with Gasteiger partial charge in [-0.25, -0.2) is 4.98 Å². The first kappa shape index (κ1) is 18.0. The minimum absolute atomic E-state index is 0.0603. The van der Waals surface area contributed by atoms with Crippen molar-refractivity contribution in [3.05, 3.63) is 33.7 Å². The fourth-order valence-electron chi connectivity index (χ4n) is 4.66. The van der Waals surface area contributed by atoms with E-state index < -0.39 is 0 Å². The van der Waals surface area contributed by atoms with Crippen LogP contribution in [0.3, 0.4) is 0 Å². The molecule has 0 amide bonds. The fourth-order valence-corrected chi connectivity index (χ4v) is 6.09. The fraction of sp³-hybridized carbons (Fsp3) is 0.632. The van der Waals surface area contributed by atoms with Gasteiger partial charge in [0.15, 0.2) is 4.96 Å². The summed E-state index contributed by atoms with van der Waals surface area (Å²) in [5.41, 5.74) is 1.04. The second kappa shape index (κ2) is 6.68. The van der Waals surface area contributed by atoms with Crippen molar-refractivity contribution in [3.8, 4) is 0 Å². The van der Waals surface area contributed by atoms with Gasteiger partial charge in [0.2, 0.25) is 0 Å². The molecule has 0 aromatic carbocycles. The molecule has 2 aromatic rings. The molecule has 2 aromatic heterocycles. The molecule has 0 spiro atoms. The van der Waals surface area contributed by atoms with Gasteiger partial charge in [-0.2, -0.15) is 0 Å². The minimum atomic E-state index is -0.153. The summed E-state index contributed by atoms with van der Waals surface area (Å²) in [5, 5.41) is 1.84. The van der Waals surface area contributed by atoms with Gasteiger partial charge in [-0.05, 0) is 36.0 Å². The number of rotatable bonds is 5. The molecule has 0 aliphatic heterocycles. The van der Waals surface area contributed by atoms with E-state index in [1.54, 1.807) is 6.20 Å². The lowest BCUT2D eigenvalue weighted by atomic mass is 9.45. The van der Waals surface area contributed by atoms with Crippen LogP contribution in [-0.2, 0) is 15.3 Å². The normalized spacial score (nSPS) is 29.3. The van der Waals surface area contributed by atoms with Crippen molar-refractivity contribution in [2.75, 3.05) is 5.75 Å². The highest BCUT2D eigenvalue weighted by molar-refractivity contribution is 7.99. The Balaban J connectivity index is 1.28. The first-order chi connectivity index (χ1) is 12.4. The van der Waals surface area contributed by atoms with E-state index in [-0.39, 0.29) is 17.6 Å². The van der Waals surface area contributed by atoms with Crippen molar-refractivity contribution in [1.82, 2.24) is 9.38 Å². The van der Waals surface area contributed by atoms with Crippen LogP contribution in [0.4, 0.5) is 0 Å². The Labute approximate surface area is 161 Å². The number of carbonyl (C=O) groups is 1. The van der Waals surface area contributed by atoms with E-state index in [0.29, 0.717) is 45.3 Å². The third-order valence-electron chi connectivity index (χ3n) is 6.39. The predicted molar refractivity (Wildman–Crippen MR) is 105 cm³/mol. The average molecular weight is 393 g/mol. The topological polar surface area (TPSA) is 60.7 Å². The standard InChI is InChI=1S/C19H24N2O3S2/c1-11-14-6-12(19(14,2)3)7-15(11)24-17(23)10-25-9-13-8-16(22)21-4-5-26-18(21)20-13/h4-5,8,11-12,14-15H,6-7,9-10H2,1-3H3. The van der Waals surface area contributed by atoms with Crippen molar-refractivity contribution >= 4 is 34.0 Å². The first-order valence-corrected chi connectivity index (χ1v) is 11.1. The maximum Gasteiger partial charge on any atom is 0.316 e. The van der Waals surface area contributed by atoms with Gasteiger partial charge in [0.1, 0.15) is 6.10 Å². The van der Waals surface area contributed by atoms with E-state index in [4.69, 9.17) is 4.74 Å². The van der Waals surface area contributed by atoms with Crippen LogP contribution in [0.25, 0.3) is 4.96 Å². The number of hydrogen-bond acceptors (Lipinski definition) is 6. The van der Waals surface area contributed by atoms with Gasteiger partial charge in [0, 0.05) is 23.4 Å². The Morgan fingerprint density at radius 3 is 3.00 bits per heavy atom. The number of nitrogens with zero attached hydrogens (tertiary/aromatic N) is 2. The summed E-state index contributed by atoms with van der Waals surface area (Å²) >= 11 is 2.89. The summed E-state index contributed by atoms with van der Waals surface area (Å²) in [4.78, 5) is 29.4. The molecule has 3 aliphatic rings. The molecule has 26 heavy (non-hydrogen) atoms. The van der Waals surface area contributed by atoms with Gasteiger partial charge in [-0.1, -0.05) is 20.8 Å². The zero-order chi connectivity index (χ0) is 18.5. The van der Waals surface area contributed by atoms with Crippen molar-refractivity contribution in [2.45, 2.75) is 45.5 Å². The quantitative estimate of drug-likeness (QED) is 0.728. The molecule has 3 aliphatic carbocycles. The molecule has 4 unspecified atom stereocenters. The van der Waals surface area contributed by atoms with Gasteiger partial charge < -0.3 is 4.74 Å². The summed E-state index contributed by atoms with van der Waals surface area (Å²) in [6.07, 6.45) is 4.06. The Morgan fingerprint density at radius 2 is 2.27 bits per heavy atom. The van der Waals surface area contributed by atoms with E-state index in [2.05, 4.69) is 25.8 Å². The van der Waals surface area contributed by atoms with E-state index in [0.717, 1.165) is 6.42 Å². The Morgan fingerprint density at radius 1 is 1.46 bits per heavy atom. The molecule has 7 heteroatoms. The molecule has 2 heterocycles. The molecule has 0 N–H and O–H groups in total. The van der Waals surface area contributed by atoms with Crippen molar-refractivity contribution in [3.63, 3.8) is 0 Å². The lowest BCUT2D eigenvalue weighted by molar-refractivity contribution is -0.183. The molecule has 5 rings (SSSR count). The number of thiazole rings is 1. The van der Waals surface area contributed by atoms with Crippen LogP contribution in [0.5, 0.6) is 0 Å². The second-order valence-corrected chi connectivity index (χ2v) is 9.98. The highest BCUT2D eigenvalue weighted by atomic mass is 32.2. The average Bonchev–Trinajstić information content (AvgIpc) is 3.05. The summed E-state index contributed by atoms with van der Waals surface area (Å²) in [6.45, 7) is 6.91. The molecule has 2 bridgehead atoms. The summed E-state index contributed by atoms with van der Waals surface area (Å²) in [7, 11) is 0. The SMILES string of the molecule is CC1C(OC(=O)CSCc2cc(=O)n3ccsc3n2)CC2CC1C2(C)C. The molecular formula is C19H24N2O3S2. The predicted octanol–water partition coefficient (Wildman–Crippen LogP) is 3.60. The van der Waals surface area contributed by atoms with Crippen LogP contribution in [0.1, 0.15) is 39.3 Å². The van der Waals surface area contributed by atoms with Gasteiger partial charge in [0.05, 0.1) is 11.4 Å². The lowest BCUT2D eigenvalue weighted by Gasteiger charge is -2.61. The Bertz CT molecular complexity index is 888. The van der Waals surface area contributed by atoms with E-state index in [9.17, 15) is 9.59 Å². The molecule has 4 atom stereocenters. The molecule has 5 nitrogen and oxygen atoms in total. The van der Waals surface area contributed by atoms with Gasteiger partial charge in [-0.15, -0.1) is 23.1 Å². The van der Waals surface area contributed by atoms with Crippen molar-refractivity contribution in [2.24, 2.45) is 23.2 Å².